The first-order valence-corrected chi connectivity index (χ1v) is 11.9. The Labute approximate surface area is 212 Å². The van der Waals surface area contributed by atoms with Crippen molar-refractivity contribution in [2.24, 2.45) is 7.05 Å². The van der Waals surface area contributed by atoms with Crippen molar-refractivity contribution in [3.63, 3.8) is 0 Å². The summed E-state index contributed by atoms with van der Waals surface area (Å²) in [4.78, 5) is 58.9. The third-order valence-electron chi connectivity index (χ3n) is 5.23. The number of anilines is 1. The molecule has 4 aromatic rings. The van der Waals surface area contributed by atoms with Crippen LogP contribution in [-0.2, 0) is 23.2 Å². The predicted molar refractivity (Wildman–Crippen MR) is 136 cm³/mol. The van der Waals surface area contributed by atoms with E-state index in [9.17, 15) is 19.2 Å². The lowest BCUT2D eigenvalue weighted by Gasteiger charge is -2.10. The van der Waals surface area contributed by atoms with E-state index in [4.69, 9.17) is 23.2 Å². The summed E-state index contributed by atoms with van der Waals surface area (Å²) in [6.45, 7) is 5.04. The van der Waals surface area contributed by atoms with E-state index in [-0.39, 0.29) is 41.4 Å². The van der Waals surface area contributed by atoms with Crippen molar-refractivity contribution in [2.75, 3.05) is 5.32 Å². The Kier molecular flexibility index (Phi) is 6.75. The highest BCUT2D eigenvalue weighted by molar-refractivity contribution is 7.13. The van der Waals surface area contributed by atoms with Gasteiger partial charge in [-0.05, 0) is 12.1 Å². The summed E-state index contributed by atoms with van der Waals surface area (Å²) < 4.78 is 3.15. The molecular weight excluding hydrogens is 515 g/mol. The van der Waals surface area contributed by atoms with Crippen molar-refractivity contribution in [3.05, 3.63) is 67.4 Å². The fourth-order valence-electron chi connectivity index (χ4n) is 3.29. The summed E-state index contributed by atoms with van der Waals surface area (Å²) in [6.07, 6.45) is 1.39. The monoisotopic (exact) mass is 532 g/mol. The van der Waals surface area contributed by atoms with Crippen LogP contribution in [0.3, 0.4) is 0 Å². The molecule has 180 valence electrons. The molecule has 0 bridgehead atoms. The summed E-state index contributed by atoms with van der Waals surface area (Å²) in [5, 5.41) is 5.68. The fourth-order valence-corrected chi connectivity index (χ4v) is 4.34. The summed E-state index contributed by atoms with van der Waals surface area (Å²) >= 11 is 13.3. The van der Waals surface area contributed by atoms with Crippen LogP contribution in [0.15, 0.2) is 46.1 Å². The van der Waals surface area contributed by atoms with Crippen LogP contribution in [-0.4, -0.2) is 35.4 Å². The number of nitrogens with zero attached hydrogens (tertiary/aromatic N) is 5. The topological polar surface area (TPSA) is 121 Å². The van der Waals surface area contributed by atoms with Crippen molar-refractivity contribution >= 4 is 68.9 Å². The predicted octanol–water partition coefficient (Wildman–Crippen LogP) is 3.42. The van der Waals surface area contributed by atoms with Gasteiger partial charge in [0.25, 0.3) is 11.5 Å². The third-order valence-corrected chi connectivity index (χ3v) is 6.86. The molecule has 0 unspecified atom stereocenters. The Bertz CT molecular complexity index is 1630. The number of Topliss-reactive ketones (excluding diaryl/α,β-unsaturated/α-hetero) is 1. The Morgan fingerprint density at radius 1 is 1.20 bits per heavy atom. The lowest BCUT2D eigenvalue weighted by Crippen LogP contribution is -2.41. The maximum Gasteiger partial charge on any atom is 0.332 e. The van der Waals surface area contributed by atoms with E-state index in [1.165, 1.54) is 29.3 Å². The maximum absolute atomic E-state index is 13.1. The Morgan fingerprint density at radius 3 is 2.63 bits per heavy atom. The number of hydrogen-bond acceptors (Lipinski definition) is 7. The minimum absolute atomic E-state index is 0.0501. The number of carbonyl (C=O) groups excluding carboxylic acids is 2. The van der Waals surface area contributed by atoms with Gasteiger partial charge in [-0.25, -0.2) is 14.8 Å². The first kappa shape index (κ1) is 24.6. The van der Waals surface area contributed by atoms with E-state index in [1.807, 2.05) is 0 Å². The molecule has 4 rings (SSSR count). The number of imidazole rings is 1. The van der Waals surface area contributed by atoms with Crippen LogP contribution in [0, 0.1) is 0 Å². The zero-order chi connectivity index (χ0) is 25.4. The number of thiazole rings is 1. The average molecular weight is 533 g/mol. The maximum atomic E-state index is 13.1. The van der Waals surface area contributed by atoms with Crippen molar-refractivity contribution in [1.82, 2.24) is 23.7 Å². The smallest absolute Gasteiger partial charge is 0.305 e. The molecular formula is C22H18Cl2N6O4S. The van der Waals surface area contributed by atoms with E-state index in [2.05, 4.69) is 21.9 Å². The molecule has 0 aliphatic heterocycles. The number of hydrogen-bond donors (Lipinski definition) is 1. The number of carbonyl (C=O) groups is 2. The van der Waals surface area contributed by atoms with Crippen LogP contribution >= 0.6 is 34.5 Å². The highest BCUT2D eigenvalue weighted by Gasteiger charge is 2.21. The van der Waals surface area contributed by atoms with Gasteiger partial charge in [0.2, 0.25) is 0 Å². The van der Waals surface area contributed by atoms with Gasteiger partial charge in [0.15, 0.2) is 16.9 Å². The SMILES string of the molecule is C=C(C(=O)Nc1csc(-c2ccc(Cl)c(Cl)c2)n1)n1cnc2c1c(=O)n(CC(=O)CC)c(=O)n2C. The van der Waals surface area contributed by atoms with Crippen LogP contribution in [0.2, 0.25) is 10.0 Å². The van der Waals surface area contributed by atoms with Crippen LogP contribution in [0.5, 0.6) is 0 Å². The Hall–Kier alpha value is -3.54. The molecule has 0 aliphatic rings. The summed E-state index contributed by atoms with van der Waals surface area (Å²) in [6, 6.07) is 5.08. The molecule has 0 radical (unpaired) electrons. The number of aromatic nitrogens is 5. The molecule has 0 saturated heterocycles. The Morgan fingerprint density at radius 2 is 1.94 bits per heavy atom. The standard InChI is InChI=1S/C22H18Cl2N6O4S/c1-4-13(31)8-29-21(33)17-18(28(3)22(29)34)25-10-30(17)11(2)19(32)26-16-9-35-20(27-16)12-5-6-14(23)15(24)7-12/h5-7,9-10H,2,4,8H2,1,3H3,(H,26,32). The van der Waals surface area contributed by atoms with Gasteiger partial charge in [0.1, 0.15) is 22.8 Å². The number of ketones is 1. The molecule has 3 aromatic heterocycles. The third kappa shape index (κ3) is 4.57. The molecule has 0 spiro atoms. The summed E-state index contributed by atoms with van der Waals surface area (Å²) in [5.41, 5.74) is -0.808. The second-order valence-electron chi connectivity index (χ2n) is 7.48. The molecule has 0 fully saturated rings. The highest BCUT2D eigenvalue weighted by Crippen LogP contribution is 2.31. The van der Waals surface area contributed by atoms with Gasteiger partial charge in [-0.3, -0.25) is 28.1 Å². The minimum Gasteiger partial charge on any atom is -0.305 e. The number of benzene rings is 1. The van der Waals surface area contributed by atoms with Gasteiger partial charge in [-0.1, -0.05) is 42.8 Å². The van der Waals surface area contributed by atoms with Crippen LogP contribution in [0.25, 0.3) is 27.4 Å². The summed E-state index contributed by atoms with van der Waals surface area (Å²) in [7, 11) is 1.43. The quantitative estimate of drug-likeness (QED) is 0.364. The van der Waals surface area contributed by atoms with Crippen molar-refractivity contribution in [2.45, 2.75) is 19.9 Å². The molecule has 1 N–H and O–H groups in total. The van der Waals surface area contributed by atoms with Crippen molar-refractivity contribution in [1.29, 1.82) is 0 Å². The molecule has 35 heavy (non-hydrogen) atoms. The first-order chi connectivity index (χ1) is 16.6. The van der Waals surface area contributed by atoms with Crippen LogP contribution < -0.4 is 16.6 Å². The van der Waals surface area contributed by atoms with Gasteiger partial charge in [-0.2, -0.15) is 0 Å². The zero-order valence-corrected chi connectivity index (χ0v) is 20.9. The number of halogens is 2. The summed E-state index contributed by atoms with van der Waals surface area (Å²) in [5.74, 6) is -0.655. The number of amides is 1. The molecule has 3 heterocycles. The van der Waals surface area contributed by atoms with E-state index in [1.54, 1.807) is 30.5 Å². The molecule has 1 aromatic carbocycles. The van der Waals surface area contributed by atoms with Crippen molar-refractivity contribution in [3.8, 4) is 10.6 Å². The van der Waals surface area contributed by atoms with E-state index >= 15 is 0 Å². The molecule has 10 nitrogen and oxygen atoms in total. The zero-order valence-electron chi connectivity index (χ0n) is 18.5. The van der Waals surface area contributed by atoms with E-state index in [0.29, 0.717) is 15.1 Å². The van der Waals surface area contributed by atoms with Gasteiger partial charge >= 0.3 is 5.69 Å². The second kappa shape index (κ2) is 9.61. The van der Waals surface area contributed by atoms with Gasteiger partial charge < -0.3 is 5.32 Å². The van der Waals surface area contributed by atoms with Gasteiger partial charge in [0.05, 0.1) is 16.6 Å². The number of aryl methyl sites for hydroxylation is 1. The Balaban J connectivity index is 1.64. The molecule has 1 amide bonds. The lowest BCUT2D eigenvalue weighted by molar-refractivity contribution is -0.119. The van der Waals surface area contributed by atoms with E-state index in [0.717, 1.165) is 14.7 Å². The average Bonchev–Trinajstić information content (AvgIpc) is 3.49. The lowest BCUT2D eigenvalue weighted by atomic mass is 10.2. The molecule has 13 heteroatoms. The van der Waals surface area contributed by atoms with Gasteiger partial charge in [-0.15, -0.1) is 11.3 Å². The van der Waals surface area contributed by atoms with Crippen LogP contribution in [0.4, 0.5) is 5.82 Å². The van der Waals surface area contributed by atoms with E-state index < -0.39 is 17.2 Å². The largest absolute Gasteiger partial charge is 0.332 e. The molecule has 0 saturated carbocycles. The fraction of sp³-hybridized carbons (Fsp3) is 0.182. The van der Waals surface area contributed by atoms with Crippen LogP contribution in [0.1, 0.15) is 13.3 Å². The molecule has 0 aliphatic carbocycles. The second-order valence-corrected chi connectivity index (χ2v) is 9.15. The number of fused-ring (bicyclic) bond motifs is 1. The molecule has 0 atom stereocenters. The normalized spacial score (nSPS) is 11.1. The van der Waals surface area contributed by atoms with Crippen molar-refractivity contribution < 1.29 is 9.59 Å². The number of nitrogens with one attached hydrogen (secondary N) is 1. The minimum atomic E-state index is -0.744. The number of rotatable bonds is 7. The van der Waals surface area contributed by atoms with Gasteiger partial charge in [0, 0.05) is 24.4 Å². The first-order valence-electron chi connectivity index (χ1n) is 10.2. The highest BCUT2D eigenvalue weighted by atomic mass is 35.5.